The van der Waals surface area contributed by atoms with E-state index in [1.54, 1.807) is 6.07 Å². The van der Waals surface area contributed by atoms with Gasteiger partial charge in [-0.1, -0.05) is 29.8 Å². The number of hydrogen-bond acceptors (Lipinski definition) is 2. The predicted octanol–water partition coefficient (Wildman–Crippen LogP) is 7.16. The molecule has 3 aromatic carbocycles. The van der Waals surface area contributed by atoms with Crippen molar-refractivity contribution in [3.8, 4) is 5.75 Å². The van der Waals surface area contributed by atoms with Gasteiger partial charge in [-0.05, 0) is 92.7 Å². The van der Waals surface area contributed by atoms with Crippen LogP contribution in [0.25, 0.3) is 0 Å². The summed E-state index contributed by atoms with van der Waals surface area (Å²) in [6.07, 6.45) is 0. The first-order chi connectivity index (χ1) is 12.9. The summed E-state index contributed by atoms with van der Waals surface area (Å²) in [5, 5.41) is 3.47. The molecular formula is C22H20Br2FNO. The van der Waals surface area contributed by atoms with E-state index in [-0.39, 0.29) is 5.82 Å². The lowest BCUT2D eigenvalue weighted by Crippen LogP contribution is -2.03. The first-order valence-corrected chi connectivity index (χ1v) is 10.2. The molecule has 0 aliphatic carbocycles. The molecule has 0 fully saturated rings. The molecule has 0 bridgehead atoms. The second kappa shape index (κ2) is 8.89. The van der Waals surface area contributed by atoms with Crippen molar-refractivity contribution in [2.75, 3.05) is 5.32 Å². The molecule has 0 saturated carbocycles. The molecule has 0 aliphatic heterocycles. The van der Waals surface area contributed by atoms with Gasteiger partial charge in [-0.15, -0.1) is 0 Å². The number of anilines is 1. The number of rotatable bonds is 6. The minimum atomic E-state index is -0.262. The van der Waals surface area contributed by atoms with E-state index >= 15 is 0 Å². The third-order valence-corrected chi connectivity index (χ3v) is 5.37. The molecule has 3 rings (SSSR count). The Bertz CT molecular complexity index is 936. The second-order valence-corrected chi connectivity index (χ2v) is 8.19. The molecule has 0 atom stereocenters. The van der Waals surface area contributed by atoms with E-state index in [0.717, 1.165) is 25.8 Å². The minimum absolute atomic E-state index is 0.262. The maximum absolute atomic E-state index is 13.3. The number of benzene rings is 3. The third-order valence-electron chi connectivity index (χ3n) is 4.20. The van der Waals surface area contributed by atoms with Gasteiger partial charge in [-0.3, -0.25) is 0 Å². The van der Waals surface area contributed by atoms with Crippen LogP contribution in [-0.4, -0.2) is 0 Å². The Kier molecular flexibility index (Phi) is 6.55. The van der Waals surface area contributed by atoms with Crippen molar-refractivity contribution in [1.82, 2.24) is 0 Å². The molecular weight excluding hydrogens is 473 g/mol. The highest BCUT2D eigenvalue weighted by atomic mass is 79.9. The van der Waals surface area contributed by atoms with Crippen LogP contribution in [0, 0.1) is 19.7 Å². The van der Waals surface area contributed by atoms with Crippen LogP contribution >= 0.6 is 31.9 Å². The highest BCUT2D eigenvalue weighted by molar-refractivity contribution is 9.11. The summed E-state index contributed by atoms with van der Waals surface area (Å²) in [5.41, 5.74) is 5.51. The summed E-state index contributed by atoms with van der Waals surface area (Å²) in [7, 11) is 0. The monoisotopic (exact) mass is 491 g/mol. The van der Waals surface area contributed by atoms with E-state index in [1.807, 2.05) is 18.2 Å². The summed E-state index contributed by atoms with van der Waals surface area (Å²) in [6.45, 7) is 5.19. The summed E-state index contributed by atoms with van der Waals surface area (Å²) < 4.78 is 20.9. The van der Waals surface area contributed by atoms with Crippen molar-refractivity contribution >= 4 is 37.5 Å². The van der Waals surface area contributed by atoms with Gasteiger partial charge in [0.15, 0.2) is 0 Å². The number of halogens is 3. The van der Waals surface area contributed by atoms with E-state index in [1.165, 1.54) is 23.3 Å². The average molecular weight is 493 g/mol. The summed E-state index contributed by atoms with van der Waals surface area (Å²) in [4.78, 5) is 0. The molecule has 27 heavy (non-hydrogen) atoms. The van der Waals surface area contributed by atoms with Crippen LogP contribution in [0.4, 0.5) is 10.1 Å². The zero-order valence-electron chi connectivity index (χ0n) is 15.2. The average Bonchev–Trinajstić information content (AvgIpc) is 2.60. The SMILES string of the molecule is Cc1ccc(NCc2cc(Br)c(OCc3cccc(F)c3)c(Br)c2)c(C)c1. The Morgan fingerprint density at radius 2 is 1.67 bits per heavy atom. The zero-order valence-corrected chi connectivity index (χ0v) is 18.3. The van der Waals surface area contributed by atoms with Crippen molar-refractivity contribution < 1.29 is 9.13 Å². The quantitative estimate of drug-likeness (QED) is 0.394. The fraction of sp³-hybridized carbons (Fsp3) is 0.182. The van der Waals surface area contributed by atoms with Crippen LogP contribution in [0.3, 0.4) is 0 Å². The molecule has 0 unspecified atom stereocenters. The summed E-state index contributed by atoms with van der Waals surface area (Å²) in [6, 6.07) is 16.8. The molecule has 3 aromatic rings. The highest BCUT2D eigenvalue weighted by Gasteiger charge is 2.10. The van der Waals surface area contributed by atoms with E-state index in [4.69, 9.17) is 4.74 Å². The van der Waals surface area contributed by atoms with Crippen molar-refractivity contribution in [3.63, 3.8) is 0 Å². The molecule has 0 spiro atoms. The topological polar surface area (TPSA) is 21.3 Å². The van der Waals surface area contributed by atoms with E-state index < -0.39 is 0 Å². The maximum atomic E-state index is 13.3. The van der Waals surface area contributed by atoms with Crippen LogP contribution in [-0.2, 0) is 13.2 Å². The first kappa shape index (κ1) is 19.9. The summed E-state index contributed by atoms with van der Waals surface area (Å²) >= 11 is 7.16. The molecule has 0 heterocycles. The van der Waals surface area contributed by atoms with Crippen molar-refractivity contribution in [2.24, 2.45) is 0 Å². The van der Waals surface area contributed by atoms with Crippen molar-refractivity contribution in [2.45, 2.75) is 27.0 Å². The number of ether oxygens (including phenoxy) is 1. The molecule has 0 saturated heterocycles. The Morgan fingerprint density at radius 1 is 0.926 bits per heavy atom. The molecule has 0 radical (unpaired) electrons. The van der Waals surface area contributed by atoms with Gasteiger partial charge < -0.3 is 10.1 Å². The second-order valence-electron chi connectivity index (χ2n) is 6.48. The van der Waals surface area contributed by atoms with Gasteiger partial charge in [0.2, 0.25) is 0 Å². The van der Waals surface area contributed by atoms with E-state index in [0.29, 0.717) is 18.9 Å². The zero-order chi connectivity index (χ0) is 19.4. The number of hydrogen-bond donors (Lipinski definition) is 1. The molecule has 0 aliphatic rings. The Hall–Kier alpha value is -1.85. The largest absolute Gasteiger partial charge is 0.487 e. The van der Waals surface area contributed by atoms with E-state index in [2.05, 4.69) is 69.2 Å². The molecule has 5 heteroatoms. The molecule has 0 amide bonds. The highest BCUT2D eigenvalue weighted by Crippen LogP contribution is 2.35. The maximum Gasteiger partial charge on any atom is 0.148 e. The molecule has 0 aromatic heterocycles. The molecule has 140 valence electrons. The Labute approximate surface area is 176 Å². The van der Waals surface area contributed by atoms with Crippen LogP contribution in [0.2, 0.25) is 0 Å². The Morgan fingerprint density at radius 3 is 2.33 bits per heavy atom. The van der Waals surface area contributed by atoms with Gasteiger partial charge in [0.25, 0.3) is 0 Å². The van der Waals surface area contributed by atoms with Gasteiger partial charge in [-0.2, -0.15) is 0 Å². The van der Waals surface area contributed by atoms with Crippen LogP contribution in [0.15, 0.2) is 63.5 Å². The van der Waals surface area contributed by atoms with Crippen LogP contribution < -0.4 is 10.1 Å². The molecule has 1 N–H and O–H groups in total. The Balaban J connectivity index is 1.68. The summed E-state index contributed by atoms with van der Waals surface area (Å²) in [5.74, 6) is 0.441. The predicted molar refractivity (Wildman–Crippen MR) is 116 cm³/mol. The smallest absolute Gasteiger partial charge is 0.148 e. The van der Waals surface area contributed by atoms with E-state index in [9.17, 15) is 4.39 Å². The van der Waals surface area contributed by atoms with Crippen molar-refractivity contribution in [3.05, 3.63) is 91.6 Å². The minimum Gasteiger partial charge on any atom is -0.487 e. The normalized spacial score (nSPS) is 10.7. The number of aryl methyl sites for hydroxylation is 2. The fourth-order valence-electron chi connectivity index (χ4n) is 2.84. The van der Waals surface area contributed by atoms with Gasteiger partial charge in [0.1, 0.15) is 18.2 Å². The lowest BCUT2D eigenvalue weighted by atomic mass is 10.1. The lowest BCUT2D eigenvalue weighted by Gasteiger charge is -2.14. The van der Waals surface area contributed by atoms with Crippen LogP contribution in [0.1, 0.15) is 22.3 Å². The third kappa shape index (κ3) is 5.33. The molecule has 2 nitrogen and oxygen atoms in total. The van der Waals surface area contributed by atoms with Gasteiger partial charge in [0.05, 0.1) is 8.95 Å². The number of nitrogens with one attached hydrogen (secondary N) is 1. The van der Waals surface area contributed by atoms with Gasteiger partial charge in [0, 0.05) is 12.2 Å². The standard InChI is InChI=1S/C22H20Br2FNO/c1-14-6-7-21(15(2)8-14)26-12-17-10-19(23)22(20(24)11-17)27-13-16-4-3-5-18(25)9-16/h3-11,26H,12-13H2,1-2H3. The first-order valence-electron chi connectivity index (χ1n) is 8.58. The lowest BCUT2D eigenvalue weighted by molar-refractivity contribution is 0.301. The van der Waals surface area contributed by atoms with Gasteiger partial charge in [-0.25, -0.2) is 4.39 Å². The van der Waals surface area contributed by atoms with Gasteiger partial charge >= 0.3 is 0 Å². The van der Waals surface area contributed by atoms with Crippen LogP contribution in [0.5, 0.6) is 5.75 Å². The fourth-order valence-corrected chi connectivity index (χ4v) is 4.35. The van der Waals surface area contributed by atoms with Crippen molar-refractivity contribution in [1.29, 1.82) is 0 Å².